The average molecular weight is 321 g/mol. The molecule has 0 aliphatic rings. The lowest BCUT2D eigenvalue weighted by Gasteiger charge is -2.05. The number of hydrogen-bond donors (Lipinski definition) is 2. The van der Waals surface area contributed by atoms with Crippen LogP contribution in [0, 0.1) is 6.92 Å². The summed E-state index contributed by atoms with van der Waals surface area (Å²) in [6, 6.07) is 5.80. The molecule has 2 rings (SSSR count). The monoisotopic (exact) mass is 321 g/mol. The Hall–Kier alpha value is -2.32. The van der Waals surface area contributed by atoms with Crippen molar-refractivity contribution in [2.75, 3.05) is 6.54 Å². The molecular formula is C14H15N3O4S. The van der Waals surface area contributed by atoms with Gasteiger partial charge in [0.2, 0.25) is 0 Å². The highest BCUT2D eigenvalue weighted by atomic mass is 32.2. The van der Waals surface area contributed by atoms with E-state index in [4.69, 9.17) is 4.55 Å². The van der Waals surface area contributed by atoms with Crippen LogP contribution in [0.1, 0.15) is 21.7 Å². The summed E-state index contributed by atoms with van der Waals surface area (Å²) in [5.41, 5.74) is 1.81. The van der Waals surface area contributed by atoms with E-state index in [1.54, 1.807) is 19.1 Å². The van der Waals surface area contributed by atoms with Crippen LogP contribution in [0.2, 0.25) is 0 Å². The Labute approximate surface area is 128 Å². The molecule has 0 saturated heterocycles. The first-order chi connectivity index (χ1) is 10.4. The standard InChI is InChI=1S/C14H15N3O4S/c1-10-8-17-13(9-16-10)14(18)15-7-6-11-2-4-12(5-3-11)22(19,20)21/h2-5,8-9H,6-7H2,1H3,(H,15,18)(H,19,20,21). The Morgan fingerprint density at radius 3 is 2.41 bits per heavy atom. The van der Waals surface area contributed by atoms with Crippen LogP contribution in [0.15, 0.2) is 41.6 Å². The van der Waals surface area contributed by atoms with Gasteiger partial charge in [0.25, 0.3) is 16.0 Å². The van der Waals surface area contributed by atoms with Crippen molar-refractivity contribution in [3.63, 3.8) is 0 Å². The number of hydrogen-bond acceptors (Lipinski definition) is 5. The number of carbonyl (C=O) groups is 1. The Bertz CT molecular complexity index is 756. The van der Waals surface area contributed by atoms with Crippen molar-refractivity contribution in [2.24, 2.45) is 0 Å². The van der Waals surface area contributed by atoms with Crippen LogP contribution >= 0.6 is 0 Å². The van der Waals surface area contributed by atoms with Crippen molar-refractivity contribution in [3.05, 3.63) is 53.6 Å². The average Bonchev–Trinajstić information content (AvgIpc) is 2.47. The second-order valence-corrected chi connectivity index (χ2v) is 6.09. The van der Waals surface area contributed by atoms with Gasteiger partial charge in [-0.3, -0.25) is 14.3 Å². The fraction of sp³-hybridized carbons (Fsp3) is 0.214. The summed E-state index contributed by atoms with van der Waals surface area (Å²) in [6.07, 6.45) is 3.45. The molecule has 1 aromatic heterocycles. The molecule has 1 amide bonds. The van der Waals surface area contributed by atoms with Crippen LogP contribution < -0.4 is 5.32 Å². The van der Waals surface area contributed by atoms with Crippen molar-refractivity contribution in [1.82, 2.24) is 15.3 Å². The van der Waals surface area contributed by atoms with Gasteiger partial charge in [0.15, 0.2) is 0 Å². The first-order valence-electron chi connectivity index (χ1n) is 6.49. The molecule has 1 aromatic carbocycles. The molecule has 8 heteroatoms. The molecular weight excluding hydrogens is 306 g/mol. The maximum absolute atomic E-state index is 11.8. The number of benzene rings is 1. The van der Waals surface area contributed by atoms with Crippen LogP contribution in [-0.2, 0) is 16.5 Å². The molecule has 0 radical (unpaired) electrons. The first-order valence-corrected chi connectivity index (χ1v) is 7.93. The predicted molar refractivity (Wildman–Crippen MR) is 79.1 cm³/mol. The number of carbonyl (C=O) groups excluding carboxylic acids is 1. The molecule has 1 heterocycles. The van der Waals surface area contributed by atoms with Crippen molar-refractivity contribution in [2.45, 2.75) is 18.2 Å². The summed E-state index contributed by atoms with van der Waals surface area (Å²) in [6.45, 7) is 2.16. The third-order valence-electron chi connectivity index (χ3n) is 2.93. The van der Waals surface area contributed by atoms with E-state index in [1.807, 2.05) is 0 Å². The number of aromatic nitrogens is 2. The zero-order valence-corrected chi connectivity index (χ0v) is 12.7. The SMILES string of the molecule is Cc1cnc(C(=O)NCCc2ccc(S(=O)(=O)O)cc2)cn1. The molecule has 116 valence electrons. The van der Waals surface area contributed by atoms with E-state index in [2.05, 4.69) is 15.3 Å². The molecule has 2 aromatic rings. The minimum absolute atomic E-state index is 0.157. The second-order valence-electron chi connectivity index (χ2n) is 4.67. The fourth-order valence-electron chi connectivity index (χ4n) is 1.75. The Morgan fingerprint density at radius 2 is 1.86 bits per heavy atom. The third kappa shape index (κ3) is 4.34. The Morgan fingerprint density at radius 1 is 1.18 bits per heavy atom. The van der Waals surface area contributed by atoms with Gasteiger partial charge in [0.1, 0.15) is 5.69 Å². The molecule has 0 bridgehead atoms. The summed E-state index contributed by atoms with van der Waals surface area (Å²) in [4.78, 5) is 19.6. The third-order valence-corrected chi connectivity index (χ3v) is 3.80. The van der Waals surface area contributed by atoms with Gasteiger partial charge in [-0.25, -0.2) is 4.98 Å². The van der Waals surface area contributed by atoms with Crippen molar-refractivity contribution in [3.8, 4) is 0 Å². The summed E-state index contributed by atoms with van der Waals surface area (Å²) in [5.74, 6) is -0.318. The fourth-order valence-corrected chi connectivity index (χ4v) is 2.23. The van der Waals surface area contributed by atoms with Gasteiger partial charge in [-0.2, -0.15) is 8.42 Å². The summed E-state index contributed by atoms with van der Waals surface area (Å²) in [5, 5.41) is 2.70. The lowest BCUT2D eigenvalue weighted by atomic mass is 10.1. The van der Waals surface area contributed by atoms with Gasteiger partial charge >= 0.3 is 0 Å². The Kier molecular flexibility index (Phi) is 4.84. The number of aryl methyl sites for hydroxylation is 1. The van der Waals surface area contributed by atoms with E-state index in [0.717, 1.165) is 11.3 Å². The molecule has 0 fully saturated rings. The van der Waals surface area contributed by atoms with Gasteiger partial charge in [-0.1, -0.05) is 12.1 Å². The predicted octanol–water partition coefficient (Wildman–Crippen LogP) is 1.00. The second kappa shape index (κ2) is 6.63. The number of nitrogens with one attached hydrogen (secondary N) is 1. The van der Waals surface area contributed by atoms with Gasteiger partial charge in [0.05, 0.1) is 16.8 Å². The minimum atomic E-state index is -4.18. The maximum Gasteiger partial charge on any atom is 0.294 e. The van der Waals surface area contributed by atoms with E-state index in [-0.39, 0.29) is 16.5 Å². The molecule has 22 heavy (non-hydrogen) atoms. The van der Waals surface area contributed by atoms with Crippen LogP contribution in [0.5, 0.6) is 0 Å². The van der Waals surface area contributed by atoms with Gasteiger partial charge in [-0.15, -0.1) is 0 Å². The van der Waals surface area contributed by atoms with Crippen LogP contribution in [0.25, 0.3) is 0 Å². The number of amides is 1. The molecule has 0 aliphatic heterocycles. The zero-order chi connectivity index (χ0) is 16.2. The summed E-state index contributed by atoms with van der Waals surface area (Å²) in [7, 11) is -4.18. The van der Waals surface area contributed by atoms with Crippen LogP contribution in [0.3, 0.4) is 0 Å². The highest BCUT2D eigenvalue weighted by Crippen LogP contribution is 2.10. The van der Waals surface area contributed by atoms with Crippen molar-refractivity contribution in [1.29, 1.82) is 0 Å². The quantitative estimate of drug-likeness (QED) is 0.795. The first kappa shape index (κ1) is 16.1. The molecule has 0 aliphatic carbocycles. The topological polar surface area (TPSA) is 109 Å². The normalized spacial score (nSPS) is 11.2. The molecule has 0 atom stereocenters. The van der Waals surface area contributed by atoms with E-state index >= 15 is 0 Å². The van der Waals surface area contributed by atoms with Crippen LogP contribution in [-0.4, -0.2) is 35.4 Å². The smallest absolute Gasteiger partial charge is 0.294 e. The molecule has 0 spiro atoms. The lowest BCUT2D eigenvalue weighted by Crippen LogP contribution is -2.26. The summed E-state index contributed by atoms with van der Waals surface area (Å²) < 4.78 is 30.7. The minimum Gasteiger partial charge on any atom is -0.350 e. The highest BCUT2D eigenvalue weighted by molar-refractivity contribution is 7.85. The van der Waals surface area contributed by atoms with E-state index < -0.39 is 10.1 Å². The van der Waals surface area contributed by atoms with Gasteiger partial charge < -0.3 is 5.32 Å². The van der Waals surface area contributed by atoms with E-state index in [1.165, 1.54) is 24.5 Å². The molecule has 7 nitrogen and oxygen atoms in total. The number of rotatable bonds is 5. The van der Waals surface area contributed by atoms with Gasteiger partial charge in [0, 0.05) is 12.7 Å². The lowest BCUT2D eigenvalue weighted by molar-refractivity contribution is 0.0948. The van der Waals surface area contributed by atoms with E-state index in [9.17, 15) is 13.2 Å². The Balaban J connectivity index is 1.88. The highest BCUT2D eigenvalue weighted by Gasteiger charge is 2.09. The number of nitrogens with zero attached hydrogens (tertiary/aromatic N) is 2. The largest absolute Gasteiger partial charge is 0.350 e. The molecule has 0 unspecified atom stereocenters. The van der Waals surface area contributed by atoms with E-state index in [0.29, 0.717) is 13.0 Å². The van der Waals surface area contributed by atoms with Crippen molar-refractivity contribution < 1.29 is 17.8 Å². The zero-order valence-electron chi connectivity index (χ0n) is 11.9. The van der Waals surface area contributed by atoms with Gasteiger partial charge in [-0.05, 0) is 31.0 Å². The molecule has 0 saturated carbocycles. The maximum atomic E-state index is 11.8. The summed E-state index contributed by atoms with van der Waals surface area (Å²) >= 11 is 0. The van der Waals surface area contributed by atoms with Crippen LogP contribution in [0.4, 0.5) is 0 Å². The van der Waals surface area contributed by atoms with Crippen molar-refractivity contribution >= 4 is 16.0 Å². The molecule has 2 N–H and O–H groups in total.